The first kappa shape index (κ1) is 15.4. The summed E-state index contributed by atoms with van der Waals surface area (Å²) in [6.07, 6.45) is 9.94. The molecule has 1 amide bonds. The predicted octanol–water partition coefficient (Wildman–Crippen LogP) is 0.633. The monoisotopic (exact) mass is 315 g/mol. The Bertz CT molecular complexity index is 602. The molecule has 1 saturated heterocycles. The van der Waals surface area contributed by atoms with Crippen molar-refractivity contribution in [2.24, 2.45) is 0 Å². The Morgan fingerprint density at radius 2 is 2.22 bits per heavy atom. The van der Waals surface area contributed by atoms with Gasteiger partial charge in [0.1, 0.15) is 12.7 Å². The van der Waals surface area contributed by atoms with Crippen LogP contribution in [0.1, 0.15) is 25.7 Å². The summed E-state index contributed by atoms with van der Waals surface area (Å²) in [6, 6.07) is 1.97. The van der Waals surface area contributed by atoms with Crippen molar-refractivity contribution in [3.05, 3.63) is 31.1 Å². The normalized spacial score (nSPS) is 17.9. The third-order valence-corrected chi connectivity index (χ3v) is 3.88. The maximum Gasteiger partial charge on any atom is 0.225 e. The van der Waals surface area contributed by atoms with Crippen LogP contribution >= 0.6 is 0 Å². The summed E-state index contributed by atoms with van der Waals surface area (Å²) >= 11 is 0. The molecule has 1 aliphatic heterocycles. The molecule has 1 atom stereocenters. The SMILES string of the molecule is O=C(CCCn1cncn1)N[C@@H]1CCCN(c2ncccn2)C1. The number of amides is 1. The molecule has 0 spiro atoms. The lowest BCUT2D eigenvalue weighted by molar-refractivity contribution is -0.122. The first-order valence-electron chi connectivity index (χ1n) is 7.95. The molecule has 0 saturated carbocycles. The number of anilines is 1. The Balaban J connectivity index is 1.43. The van der Waals surface area contributed by atoms with E-state index in [9.17, 15) is 4.79 Å². The van der Waals surface area contributed by atoms with Crippen LogP contribution in [-0.4, -0.2) is 49.8 Å². The Morgan fingerprint density at radius 3 is 3.00 bits per heavy atom. The summed E-state index contributed by atoms with van der Waals surface area (Å²) in [5.41, 5.74) is 0. The Hall–Kier alpha value is -2.51. The zero-order valence-electron chi connectivity index (χ0n) is 13.0. The Kier molecular flexibility index (Phi) is 5.13. The topological polar surface area (TPSA) is 88.8 Å². The van der Waals surface area contributed by atoms with Crippen LogP contribution in [-0.2, 0) is 11.3 Å². The summed E-state index contributed by atoms with van der Waals surface area (Å²) in [7, 11) is 0. The number of hydrogen-bond acceptors (Lipinski definition) is 6. The highest BCUT2D eigenvalue weighted by atomic mass is 16.1. The highest BCUT2D eigenvalue weighted by Gasteiger charge is 2.22. The lowest BCUT2D eigenvalue weighted by Crippen LogP contribution is -2.48. The lowest BCUT2D eigenvalue weighted by atomic mass is 10.1. The molecule has 1 fully saturated rings. The maximum atomic E-state index is 12.1. The van der Waals surface area contributed by atoms with Gasteiger partial charge in [-0.15, -0.1) is 0 Å². The highest BCUT2D eigenvalue weighted by Crippen LogP contribution is 2.15. The first-order chi connectivity index (χ1) is 11.3. The molecule has 1 aliphatic rings. The molecule has 3 heterocycles. The third kappa shape index (κ3) is 4.48. The predicted molar refractivity (Wildman–Crippen MR) is 84.7 cm³/mol. The zero-order valence-corrected chi connectivity index (χ0v) is 13.0. The van der Waals surface area contributed by atoms with Gasteiger partial charge in [0.25, 0.3) is 0 Å². The number of carbonyl (C=O) groups is 1. The van der Waals surface area contributed by atoms with Gasteiger partial charge in [-0.3, -0.25) is 9.48 Å². The van der Waals surface area contributed by atoms with Crippen molar-refractivity contribution in [2.75, 3.05) is 18.0 Å². The van der Waals surface area contributed by atoms with Crippen LogP contribution < -0.4 is 10.2 Å². The Morgan fingerprint density at radius 1 is 1.35 bits per heavy atom. The van der Waals surface area contributed by atoms with E-state index in [1.54, 1.807) is 23.4 Å². The van der Waals surface area contributed by atoms with E-state index >= 15 is 0 Å². The number of aromatic nitrogens is 5. The second kappa shape index (κ2) is 7.66. The average molecular weight is 315 g/mol. The fourth-order valence-electron chi connectivity index (χ4n) is 2.78. The summed E-state index contributed by atoms with van der Waals surface area (Å²) in [6.45, 7) is 2.41. The van der Waals surface area contributed by atoms with Gasteiger partial charge in [-0.05, 0) is 25.3 Å². The van der Waals surface area contributed by atoms with Crippen molar-refractivity contribution in [1.82, 2.24) is 30.0 Å². The van der Waals surface area contributed by atoms with Gasteiger partial charge in [0, 0.05) is 44.5 Å². The second-order valence-electron chi connectivity index (χ2n) is 5.66. The highest BCUT2D eigenvalue weighted by molar-refractivity contribution is 5.76. The second-order valence-corrected chi connectivity index (χ2v) is 5.66. The van der Waals surface area contributed by atoms with E-state index in [2.05, 4.69) is 30.3 Å². The standard InChI is InChI=1S/C15H21N7O/c23-14(5-2-9-22-12-16-11-19-22)20-13-4-1-8-21(10-13)15-17-6-3-7-18-15/h3,6-7,11-13H,1-2,4-5,8-10H2,(H,20,23)/t13-/m1/s1. The minimum atomic E-state index is 0.0888. The number of carbonyl (C=O) groups excluding carboxylic acids is 1. The minimum absolute atomic E-state index is 0.0888. The number of piperidine rings is 1. The van der Waals surface area contributed by atoms with E-state index in [0.29, 0.717) is 13.0 Å². The zero-order chi connectivity index (χ0) is 15.9. The molecule has 23 heavy (non-hydrogen) atoms. The molecule has 122 valence electrons. The summed E-state index contributed by atoms with van der Waals surface area (Å²) < 4.78 is 1.74. The molecule has 0 radical (unpaired) electrons. The van der Waals surface area contributed by atoms with Gasteiger partial charge in [0.05, 0.1) is 0 Å². The molecule has 0 bridgehead atoms. The molecular weight excluding hydrogens is 294 g/mol. The number of nitrogens with one attached hydrogen (secondary N) is 1. The van der Waals surface area contributed by atoms with Gasteiger partial charge in [-0.2, -0.15) is 5.10 Å². The quantitative estimate of drug-likeness (QED) is 0.841. The van der Waals surface area contributed by atoms with Crippen LogP contribution in [0.5, 0.6) is 0 Å². The summed E-state index contributed by atoms with van der Waals surface area (Å²) in [4.78, 5) is 26.7. The van der Waals surface area contributed by atoms with Gasteiger partial charge in [0.15, 0.2) is 0 Å². The maximum absolute atomic E-state index is 12.1. The average Bonchev–Trinajstić information content (AvgIpc) is 3.09. The molecule has 3 rings (SSSR count). The number of rotatable bonds is 6. The summed E-state index contributed by atoms with van der Waals surface area (Å²) in [5, 5.41) is 7.14. The minimum Gasteiger partial charge on any atom is -0.352 e. The smallest absolute Gasteiger partial charge is 0.225 e. The van der Waals surface area contributed by atoms with Gasteiger partial charge < -0.3 is 10.2 Å². The molecule has 0 aromatic carbocycles. The van der Waals surface area contributed by atoms with Crippen LogP contribution in [0.4, 0.5) is 5.95 Å². The van der Waals surface area contributed by atoms with Gasteiger partial charge in [-0.25, -0.2) is 15.0 Å². The van der Waals surface area contributed by atoms with E-state index in [0.717, 1.165) is 38.3 Å². The van der Waals surface area contributed by atoms with Crippen molar-refractivity contribution >= 4 is 11.9 Å². The van der Waals surface area contributed by atoms with Crippen LogP contribution in [0.3, 0.4) is 0 Å². The number of hydrogen-bond donors (Lipinski definition) is 1. The first-order valence-corrected chi connectivity index (χ1v) is 7.95. The fourth-order valence-corrected chi connectivity index (χ4v) is 2.78. The molecular formula is C15H21N7O. The third-order valence-electron chi connectivity index (χ3n) is 3.88. The molecule has 0 unspecified atom stereocenters. The van der Waals surface area contributed by atoms with Crippen molar-refractivity contribution in [3.63, 3.8) is 0 Å². The van der Waals surface area contributed by atoms with Gasteiger partial charge in [0.2, 0.25) is 11.9 Å². The van der Waals surface area contributed by atoms with Crippen LogP contribution in [0.15, 0.2) is 31.1 Å². The fraction of sp³-hybridized carbons (Fsp3) is 0.533. The van der Waals surface area contributed by atoms with E-state index in [-0.39, 0.29) is 11.9 Å². The van der Waals surface area contributed by atoms with E-state index in [1.165, 1.54) is 6.33 Å². The molecule has 2 aromatic rings. The van der Waals surface area contributed by atoms with E-state index < -0.39 is 0 Å². The molecule has 0 aliphatic carbocycles. The number of aryl methyl sites for hydroxylation is 1. The van der Waals surface area contributed by atoms with E-state index in [4.69, 9.17) is 0 Å². The molecule has 8 nitrogen and oxygen atoms in total. The molecule has 2 aromatic heterocycles. The van der Waals surface area contributed by atoms with Crippen molar-refractivity contribution in [3.8, 4) is 0 Å². The van der Waals surface area contributed by atoms with E-state index in [1.807, 2.05) is 6.07 Å². The molecule has 8 heteroatoms. The van der Waals surface area contributed by atoms with Crippen LogP contribution in [0, 0.1) is 0 Å². The Labute approximate surface area is 135 Å². The summed E-state index contributed by atoms with van der Waals surface area (Å²) in [5.74, 6) is 0.823. The van der Waals surface area contributed by atoms with Crippen LogP contribution in [0.25, 0.3) is 0 Å². The largest absolute Gasteiger partial charge is 0.352 e. The van der Waals surface area contributed by atoms with Gasteiger partial charge in [-0.1, -0.05) is 0 Å². The van der Waals surface area contributed by atoms with Gasteiger partial charge >= 0.3 is 0 Å². The van der Waals surface area contributed by atoms with Crippen molar-refractivity contribution in [1.29, 1.82) is 0 Å². The van der Waals surface area contributed by atoms with Crippen LogP contribution in [0.2, 0.25) is 0 Å². The number of nitrogens with zero attached hydrogens (tertiary/aromatic N) is 6. The van der Waals surface area contributed by atoms with Crippen molar-refractivity contribution < 1.29 is 4.79 Å². The van der Waals surface area contributed by atoms with Crippen molar-refractivity contribution in [2.45, 2.75) is 38.3 Å². The lowest BCUT2D eigenvalue weighted by Gasteiger charge is -2.33. The molecule has 1 N–H and O–H groups in total.